The predicted octanol–water partition coefficient (Wildman–Crippen LogP) is 3.50. The van der Waals surface area contributed by atoms with E-state index in [1.165, 1.54) is 0 Å². The molecule has 182 valence electrons. The van der Waals surface area contributed by atoms with Crippen LogP contribution in [0.25, 0.3) is 0 Å². The third-order valence-corrected chi connectivity index (χ3v) is 4.81. The molecular weight excluding hydrogens is 509 g/mol. The summed E-state index contributed by atoms with van der Waals surface area (Å²) in [6.07, 6.45) is 3.17. The number of piperidine rings is 1. The highest BCUT2D eigenvalue weighted by Crippen LogP contribution is 2.13. The SMILES string of the molecule is CCCC(CN=C(NCC)NC1CCN(C(=O)C(C)C)CC1)NC(=O)OC(C)(C)C.I. The summed E-state index contributed by atoms with van der Waals surface area (Å²) in [7, 11) is 0. The van der Waals surface area contributed by atoms with Crippen molar-refractivity contribution in [1.82, 2.24) is 20.9 Å². The molecule has 0 bridgehead atoms. The summed E-state index contributed by atoms with van der Waals surface area (Å²) < 4.78 is 5.37. The van der Waals surface area contributed by atoms with Gasteiger partial charge >= 0.3 is 6.09 Å². The van der Waals surface area contributed by atoms with Crippen LogP contribution in [-0.2, 0) is 9.53 Å². The van der Waals surface area contributed by atoms with Crippen LogP contribution in [0.1, 0.15) is 74.1 Å². The van der Waals surface area contributed by atoms with E-state index >= 15 is 0 Å². The Hall–Kier alpha value is -1.26. The molecule has 1 saturated heterocycles. The van der Waals surface area contributed by atoms with Crippen molar-refractivity contribution in [2.24, 2.45) is 10.9 Å². The fourth-order valence-corrected chi connectivity index (χ4v) is 3.36. The molecule has 3 N–H and O–H groups in total. The van der Waals surface area contributed by atoms with Crippen LogP contribution in [0.4, 0.5) is 4.79 Å². The summed E-state index contributed by atoms with van der Waals surface area (Å²) in [6.45, 7) is 16.3. The summed E-state index contributed by atoms with van der Waals surface area (Å²) in [6, 6.07) is 0.202. The third-order valence-electron chi connectivity index (χ3n) is 4.81. The highest BCUT2D eigenvalue weighted by atomic mass is 127. The summed E-state index contributed by atoms with van der Waals surface area (Å²) in [5, 5.41) is 9.71. The summed E-state index contributed by atoms with van der Waals surface area (Å²) in [5.41, 5.74) is -0.521. The molecule has 1 rings (SSSR count). The van der Waals surface area contributed by atoms with E-state index in [1.54, 1.807) is 0 Å². The molecule has 0 radical (unpaired) electrons. The normalized spacial score (nSPS) is 16.4. The largest absolute Gasteiger partial charge is 0.444 e. The summed E-state index contributed by atoms with van der Waals surface area (Å²) in [4.78, 5) is 30.9. The average Bonchev–Trinajstić information content (AvgIpc) is 2.64. The molecule has 0 aromatic rings. The molecule has 1 aliphatic heterocycles. The molecule has 1 unspecified atom stereocenters. The van der Waals surface area contributed by atoms with Crippen LogP contribution in [0, 0.1) is 5.92 Å². The smallest absolute Gasteiger partial charge is 0.407 e. The number of halogens is 1. The van der Waals surface area contributed by atoms with Gasteiger partial charge < -0.3 is 25.6 Å². The first-order valence-electron chi connectivity index (χ1n) is 11.4. The minimum absolute atomic E-state index is 0. The van der Waals surface area contributed by atoms with Crippen molar-refractivity contribution in [3.8, 4) is 0 Å². The summed E-state index contributed by atoms with van der Waals surface area (Å²) in [5.74, 6) is 1.02. The highest BCUT2D eigenvalue weighted by molar-refractivity contribution is 14.0. The second-order valence-corrected chi connectivity index (χ2v) is 9.25. The molecule has 0 aliphatic carbocycles. The van der Waals surface area contributed by atoms with Crippen molar-refractivity contribution < 1.29 is 14.3 Å². The second kappa shape index (κ2) is 14.7. The van der Waals surface area contributed by atoms with E-state index in [2.05, 4.69) is 22.9 Å². The number of carbonyl (C=O) groups excluding carboxylic acids is 2. The first-order valence-corrected chi connectivity index (χ1v) is 11.4. The van der Waals surface area contributed by atoms with Crippen molar-refractivity contribution in [2.45, 2.75) is 91.8 Å². The second-order valence-electron chi connectivity index (χ2n) is 9.25. The summed E-state index contributed by atoms with van der Waals surface area (Å²) >= 11 is 0. The fourth-order valence-electron chi connectivity index (χ4n) is 3.36. The molecule has 0 aromatic carbocycles. The first kappa shape index (κ1) is 29.7. The number of nitrogens with one attached hydrogen (secondary N) is 3. The number of likely N-dealkylation sites (tertiary alicyclic amines) is 1. The number of nitrogens with zero attached hydrogens (tertiary/aromatic N) is 2. The Kier molecular flexibility index (Phi) is 14.1. The molecule has 31 heavy (non-hydrogen) atoms. The number of aliphatic imine (C=N–C) groups is 1. The Morgan fingerprint density at radius 1 is 1.16 bits per heavy atom. The number of amides is 2. The molecular formula is C22H44IN5O3. The van der Waals surface area contributed by atoms with E-state index in [0.717, 1.165) is 51.3 Å². The van der Waals surface area contributed by atoms with Crippen LogP contribution in [0.5, 0.6) is 0 Å². The van der Waals surface area contributed by atoms with E-state index in [-0.39, 0.29) is 47.9 Å². The molecule has 0 aromatic heterocycles. The van der Waals surface area contributed by atoms with Gasteiger partial charge in [0.1, 0.15) is 5.60 Å². The van der Waals surface area contributed by atoms with Gasteiger partial charge in [0.25, 0.3) is 0 Å². The number of hydrogen-bond donors (Lipinski definition) is 3. The molecule has 8 nitrogen and oxygen atoms in total. The van der Waals surface area contributed by atoms with Gasteiger partial charge in [-0.25, -0.2) is 4.79 Å². The van der Waals surface area contributed by atoms with E-state index in [0.29, 0.717) is 6.54 Å². The van der Waals surface area contributed by atoms with Gasteiger partial charge in [-0.2, -0.15) is 0 Å². The van der Waals surface area contributed by atoms with Crippen molar-refractivity contribution in [1.29, 1.82) is 0 Å². The number of ether oxygens (including phenoxy) is 1. The fraction of sp³-hybridized carbons (Fsp3) is 0.864. The van der Waals surface area contributed by atoms with Crippen molar-refractivity contribution >= 4 is 41.9 Å². The Labute approximate surface area is 205 Å². The van der Waals surface area contributed by atoms with E-state index in [9.17, 15) is 9.59 Å². The molecule has 1 heterocycles. The molecule has 1 aliphatic rings. The van der Waals surface area contributed by atoms with Gasteiger partial charge in [0.15, 0.2) is 5.96 Å². The standard InChI is InChI=1S/C22H43N5O3.HI/c1-8-10-18(26-21(29)30-22(5,6)7)15-24-20(23-9-2)25-17-11-13-27(14-12-17)19(28)16(3)4;/h16-18H,8-15H2,1-7H3,(H,26,29)(H2,23,24,25);1H. The Bertz CT molecular complexity index is 570. The van der Waals surface area contributed by atoms with Gasteiger partial charge in [-0.1, -0.05) is 27.2 Å². The maximum Gasteiger partial charge on any atom is 0.407 e. The lowest BCUT2D eigenvalue weighted by Crippen LogP contribution is -2.50. The van der Waals surface area contributed by atoms with Gasteiger partial charge in [0.05, 0.1) is 12.6 Å². The van der Waals surface area contributed by atoms with Crippen LogP contribution >= 0.6 is 24.0 Å². The molecule has 9 heteroatoms. The maximum atomic E-state index is 12.2. The molecule has 2 amide bonds. The number of carbonyl (C=O) groups is 2. The van der Waals surface area contributed by atoms with Crippen LogP contribution in [-0.4, -0.2) is 66.7 Å². The lowest BCUT2D eigenvalue weighted by atomic mass is 10.0. The topological polar surface area (TPSA) is 95.1 Å². The van der Waals surface area contributed by atoms with Crippen LogP contribution in [0.2, 0.25) is 0 Å². The van der Waals surface area contributed by atoms with Crippen LogP contribution < -0.4 is 16.0 Å². The highest BCUT2D eigenvalue weighted by Gasteiger charge is 2.25. The molecule has 1 atom stereocenters. The zero-order valence-electron chi connectivity index (χ0n) is 20.4. The maximum absolute atomic E-state index is 12.2. The number of rotatable bonds is 8. The molecule has 0 spiro atoms. The van der Waals surface area contributed by atoms with E-state index < -0.39 is 11.7 Å². The third kappa shape index (κ3) is 12.4. The van der Waals surface area contributed by atoms with Crippen molar-refractivity contribution in [3.05, 3.63) is 0 Å². The minimum Gasteiger partial charge on any atom is -0.444 e. The van der Waals surface area contributed by atoms with Gasteiger partial charge in [0, 0.05) is 31.6 Å². The zero-order valence-corrected chi connectivity index (χ0v) is 22.7. The lowest BCUT2D eigenvalue weighted by Gasteiger charge is -2.34. The monoisotopic (exact) mass is 553 g/mol. The van der Waals surface area contributed by atoms with Crippen LogP contribution in [0.3, 0.4) is 0 Å². The Morgan fingerprint density at radius 2 is 1.77 bits per heavy atom. The van der Waals surface area contributed by atoms with Gasteiger partial charge in [-0.05, 0) is 47.0 Å². The van der Waals surface area contributed by atoms with Gasteiger partial charge in [-0.3, -0.25) is 9.79 Å². The van der Waals surface area contributed by atoms with Crippen molar-refractivity contribution in [2.75, 3.05) is 26.2 Å². The number of hydrogen-bond acceptors (Lipinski definition) is 4. The Balaban J connectivity index is 0.00000900. The van der Waals surface area contributed by atoms with Gasteiger partial charge in [0.2, 0.25) is 5.91 Å². The molecule has 1 fully saturated rings. The van der Waals surface area contributed by atoms with Crippen LogP contribution in [0.15, 0.2) is 4.99 Å². The van der Waals surface area contributed by atoms with E-state index in [1.807, 2.05) is 46.4 Å². The number of alkyl carbamates (subject to hydrolysis) is 1. The molecule has 0 saturated carbocycles. The zero-order chi connectivity index (χ0) is 22.7. The quantitative estimate of drug-likeness (QED) is 0.243. The number of guanidine groups is 1. The van der Waals surface area contributed by atoms with Gasteiger partial charge in [-0.15, -0.1) is 24.0 Å². The average molecular weight is 554 g/mol. The van der Waals surface area contributed by atoms with Crippen molar-refractivity contribution in [3.63, 3.8) is 0 Å². The predicted molar refractivity (Wildman–Crippen MR) is 137 cm³/mol. The lowest BCUT2D eigenvalue weighted by molar-refractivity contribution is -0.135. The Morgan fingerprint density at radius 3 is 2.26 bits per heavy atom. The first-order chi connectivity index (χ1) is 14.1. The van der Waals surface area contributed by atoms with E-state index in [4.69, 9.17) is 9.73 Å². The minimum atomic E-state index is -0.521.